The van der Waals surface area contributed by atoms with Crippen molar-refractivity contribution in [1.82, 2.24) is 15.3 Å². The number of halogens is 1. The average molecular weight is 346 g/mol. The van der Waals surface area contributed by atoms with Crippen LogP contribution in [0.25, 0.3) is 0 Å². The van der Waals surface area contributed by atoms with E-state index >= 15 is 0 Å². The van der Waals surface area contributed by atoms with Crippen LogP contribution in [-0.4, -0.2) is 34.5 Å². The van der Waals surface area contributed by atoms with E-state index in [9.17, 15) is 9.59 Å². The molecule has 3 amide bonds. The van der Waals surface area contributed by atoms with Gasteiger partial charge in [0.05, 0.1) is 10.7 Å². The van der Waals surface area contributed by atoms with E-state index in [4.69, 9.17) is 11.6 Å². The van der Waals surface area contributed by atoms with Gasteiger partial charge >= 0.3 is 6.03 Å². The molecule has 1 aromatic heterocycles. The van der Waals surface area contributed by atoms with Crippen LogP contribution in [0.3, 0.4) is 0 Å². The Hall–Kier alpha value is -2.67. The van der Waals surface area contributed by atoms with Crippen LogP contribution < -0.4 is 15.5 Å². The van der Waals surface area contributed by atoms with E-state index < -0.39 is 12.1 Å². The predicted octanol–water partition coefficient (Wildman–Crippen LogP) is 2.45. The van der Waals surface area contributed by atoms with Crippen molar-refractivity contribution in [3.05, 3.63) is 47.9 Å². The van der Waals surface area contributed by atoms with Gasteiger partial charge in [-0.05, 0) is 31.0 Å². The molecule has 3 rings (SSSR count). The number of urea groups is 1. The van der Waals surface area contributed by atoms with Crippen LogP contribution in [0.4, 0.5) is 16.3 Å². The van der Waals surface area contributed by atoms with Gasteiger partial charge in [-0.1, -0.05) is 23.7 Å². The fourth-order valence-corrected chi connectivity index (χ4v) is 2.83. The zero-order valence-electron chi connectivity index (χ0n) is 12.8. The lowest BCUT2D eigenvalue weighted by molar-refractivity contribution is -0.121. The summed E-state index contributed by atoms with van der Waals surface area (Å²) in [5, 5.41) is 5.78. The van der Waals surface area contributed by atoms with Crippen molar-refractivity contribution in [2.24, 2.45) is 0 Å². The molecule has 7 nitrogen and oxygen atoms in total. The normalized spacial score (nSPS) is 17.5. The van der Waals surface area contributed by atoms with E-state index in [1.165, 1.54) is 12.5 Å². The van der Waals surface area contributed by atoms with Gasteiger partial charge in [-0.15, -0.1) is 0 Å². The SMILES string of the molecule is O=C(Nc1ccncn1)N[C@H]1CCCN(c2ccccc2Cl)C1=O. The number of hydrogen-bond acceptors (Lipinski definition) is 4. The largest absolute Gasteiger partial charge is 0.326 e. The molecule has 2 N–H and O–H groups in total. The summed E-state index contributed by atoms with van der Waals surface area (Å²) in [7, 11) is 0. The van der Waals surface area contributed by atoms with Crippen LogP contribution >= 0.6 is 11.6 Å². The Morgan fingerprint density at radius 3 is 2.88 bits per heavy atom. The highest BCUT2D eigenvalue weighted by molar-refractivity contribution is 6.33. The fourth-order valence-electron chi connectivity index (χ4n) is 2.59. The minimum atomic E-state index is -0.600. The second-order valence-electron chi connectivity index (χ2n) is 5.33. The van der Waals surface area contributed by atoms with Crippen LogP contribution in [0.5, 0.6) is 0 Å². The molecular formula is C16H16ClN5O2. The minimum absolute atomic E-state index is 0.174. The monoisotopic (exact) mass is 345 g/mol. The van der Waals surface area contributed by atoms with Gasteiger partial charge in [0.25, 0.3) is 0 Å². The summed E-state index contributed by atoms with van der Waals surface area (Å²) in [5.74, 6) is 0.195. The summed E-state index contributed by atoms with van der Waals surface area (Å²) < 4.78 is 0. The molecule has 0 radical (unpaired) electrons. The molecule has 24 heavy (non-hydrogen) atoms. The Morgan fingerprint density at radius 2 is 2.12 bits per heavy atom. The van der Waals surface area contributed by atoms with Crippen molar-refractivity contribution in [3.8, 4) is 0 Å². The van der Waals surface area contributed by atoms with Gasteiger partial charge in [-0.3, -0.25) is 10.1 Å². The molecule has 0 aliphatic carbocycles. The smallest absolute Gasteiger partial charge is 0.321 e. The van der Waals surface area contributed by atoms with Gasteiger partial charge in [-0.2, -0.15) is 0 Å². The average Bonchev–Trinajstić information content (AvgIpc) is 2.58. The Bertz CT molecular complexity index is 740. The number of benzene rings is 1. The van der Waals surface area contributed by atoms with Crippen LogP contribution in [0.1, 0.15) is 12.8 Å². The first kappa shape index (κ1) is 16.2. The molecule has 2 heterocycles. The number of nitrogens with one attached hydrogen (secondary N) is 2. The van der Waals surface area contributed by atoms with Crippen LogP contribution in [0.15, 0.2) is 42.9 Å². The summed E-state index contributed by atoms with van der Waals surface area (Å²) in [6, 6.07) is 7.66. The highest BCUT2D eigenvalue weighted by Crippen LogP contribution is 2.28. The van der Waals surface area contributed by atoms with Crippen molar-refractivity contribution in [2.45, 2.75) is 18.9 Å². The molecule has 1 saturated heterocycles. The maximum atomic E-state index is 12.7. The zero-order chi connectivity index (χ0) is 16.9. The zero-order valence-corrected chi connectivity index (χ0v) is 13.5. The topological polar surface area (TPSA) is 87.2 Å². The number of carbonyl (C=O) groups excluding carboxylic acids is 2. The van der Waals surface area contributed by atoms with Crippen molar-refractivity contribution < 1.29 is 9.59 Å². The second-order valence-corrected chi connectivity index (χ2v) is 5.74. The maximum absolute atomic E-state index is 12.7. The number of carbonyl (C=O) groups is 2. The molecule has 1 aliphatic rings. The van der Waals surface area contributed by atoms with Crippen LogP contribution in [-0.2, 0) is 4.79 Å². The van der Waals surface area contributed by atoms with E-state index in [2.05, 4.69) is 20.6 Å². The molecule has 8 heteroatoms. The first-order valence-electron chi connectivity index (χ1n) is 7.54. The summed E-state index contributed by atoms with van der Waals surface area (Å²) in [4.78, 5) is 34.0. The van der Waals surface area contributed by atoms with E-state index in [1.54, 1.807) is 23.1 Å². The quantitative estimate of drug-likeness (QED) is 0.894. The van der Waals surface area contributed by atoms with E-state index in [0.29, 0.717) is 29.5 Å². The van der Waals surface area contributed by atoms with E-state index in [1.807, 2.05) is 12.1 Å². The molecule has 1 aliphatic heterocycles. The Kier molecular flexibility index (Phi) is 4.90. The summed E-state index contributed by atoms with van der Waals surface area (Å²) >= 11 is 6.18. The number of hydrogen-bond donors (Lipinski definition) is 2. The molecule has 1 fully saturated rings. The number of piperidine rings is 1. The highest BCUT2D eigenvalue weighted by atomic mass is 35.5. The first-order chi connectivity index (χ1) is 11.6. The molecule has 2 aromatic rings. The van der Waals surface area contributed by atoms with E-state index in [-0.39, 0.29) is 5.91 Å². The van der Waals surface area contributed by atoms with Crippen molar-refractivity contribution in [3.63, 3.8) is 0 Å². The van der Waals surface area contributed by atoms with Crippen molar-refractivity contribution in [1.29, 1.82) is 0 Å². The van der Waals surface area contributed by atoms with E-state index in [0.717, 1.165) is 6.42 Å². The molecule has 0 saturated carbocycles. The highest BCUT2D eigenvalue weighted by Gasteiger charge is 2.31. The van der Waals surface area contributed by atoms with Gasteiger partial charge in [0.15, 0.2) is 0 Å². The molecule has 124 valence electrons. The lowest BCUT2D eigenvalue weighted by Crippen LogP contribution is -2.53. The van der Waals surface area contributed by atoms with Gasteiger partial charge in [-0.25, -0.2) is 14.8 Å². The number of para-hydroxylation sites is 1. The Morgan fingerprint density at radius 1 is 1.29 bits per heavy atom. The van der Waals surface area contributed by atoms with Crippen LogP contribution in [0.2, 0.25) is 5.02 Å². The Balaban J connectivity index is 1.67. The fraction of sp³-hybridized carbons (Fsp3) is 0.250. The molecule has 1 aromatic carbocycles. The van der Waals surface area contributed by atoms with Gasteiger partial charge in [0, 0.05) is 12.7 Å². The standard InChI is InChI=1S/C16H16ClN5O2/c17-11-4-1-2-6-13(11)22-9-3-5-12(15(22)23)20-16(24)21-14-7-8-18-10-19-14/h1-2,4,6-8,10,12H,3,5,9H2,(H2,18,19,20,21,24)/t12-/m0/s1. The number of nitrogens with zero attached hydrogens (tertiary/aromatic N) is 3. The molecule has 1 atom stereocenters. The molecule has 0 spiro atoms. The number of rotatable bonds is 3. The first-order valence-corrected chi connectivity index (χ1v) is 7.92. The summed E-state index contributed by atoms with van der Waals surface area (Å²) in [5.41, 5.74) is 0.659. The van der Waals surface area contributed by atoms with Crippen molar-refractivity contribution >= 4 is 35.0 Å². The van der Waals surface area contributed by atoms with Crippen molar-refractivity contribution in [2.75, 3.05) is 16.8 Å². The third-order valence-corrected chi connectivity index (χ3v) is 4.03. The third-order valence-electron chi connectivity index (χ3n) is 3.71. The molecule has 0 unspecified atom stereocenters. The number of amides is 3. The Labute approximate surface area is 144 Å². The van der Waals surface area contributed by atoms with Gasteiger partial charge in [0.1, 0.15) is 18.2 Å². The number of anilines is 2. The molecular weight excluding hydrogens is 330 g/mol. The second kappa shape index (κ2) is 7.27. The van der Waals surface area contributed by atoms with Gasteiger partial charge < -0.3 is 10.2 Å². The number of aromatic nitrogens is 2. The maximum Gasteiger partial charge on any atom is 0.321 e. The van der Waals surface area contributed by atoms with Gasteiger partial charge in [0.2, 0.25) is 5.91 Å². The third kappa shape index (κ3) is 3.62. The summed E-state index contributed by atoms with van der Waals surface area (Å²) in [6.07, 6.45) is 4.21. The lowest BCUT2D eigenvalue weighted by atomic mass is 10.0. The van der Waals surface area contributed by atoms with Crippen LogP contribution in [0, 0.1) is 0 Å². The summed E-state index contributed by atoms with van der Waals surface area (Å²) in [6.45, 7) is 0.578. The lowest BCUT2D eigenvalue weighted by Gasteiger charge is -2.33. The minimum Gasteiger partial charge on any atom is -0.326 e. The predicted molar refractivity (Wildman–Crippen MR) is 91.0 cm³/mol. The molecule has 0 bridgehead atoms.